The van der Waals surface area contributed by atoms with Gasteiger partial charge in [0, 0.05) is 35.8 Å². The number of carbonyl (C=O) groups is 2. The number of carbonyl (C=O) groups excluding carboxylic acids is 2. The molecular weight excluding hydrogens is 398 g/mol. The van der Waals surface area contributed by atoms with E-state index in [9.17, 15) is 9.59 Å². The second-order valence-corrected chi connectivity index (χ2v) is 8.95. The number of fused-ring (bicyclic) bond motifs is 1. The van der Waals surface area contributed by atoms with E-state index in [1.54, 1.807) is 0 Å². The SMILES string of the molecule is Cc1nc(C2CC2)nc2sc(C(=O)Nc3ccc(N4CCNC(=O)C4)cc3)c(C)c12. The predicted molar refractivity (Wildman–Crippen MR) is 118 cm³/mol. The van der Waals surface area contributed by atoms with Gasteiger partial charge in [0.05, 0.1) is 17.1 Å². The maximum atomic E-state index is 13.0. The van der Waals surface area contributed by atoms with Crippen LogP contribution in [0.25, 0.3) is 10.2 Å². The largest absolute Gasteiger partial charge is 0.360 e. The van der Waals surface area contributed by atoms with Crippen LogP contribution in [0.4, 0.5) is 11.4 Å². The monoisotopic (exact) mass is 421 g/mol. The standard InChI is InChI=1S/C22H23N5O2S/c1-12-18-13(2)24-20(14-3-4-14)26-22(18)30-19(12)21(29)25-15-5-7-16(8-6-15)27-10-9-23-17(28)11-27/h5-8,14H,3-4,9-11H2,1-2H3,(H,23,28)(H,25,29). The topological polar surface area (TPSA) is 87.2 Å². The highest BCUT2D eigenvalue weighted by Crippen LogP contribution is 2.40. The zero-order valence-electron chi connectivity index (χ0n) is 17.0. The number of benzene rings is 1. The third kappa shape index (κ3) is 3.52. The van der Waals surface area contributed by atoms with Crippen molar-refractivity contribution in [1.82, 2.24) is 15.3 Å². The molecule has 1 saturated heterocycles. The van der Waals surface area contributed by atoms with E-state index in [1.807, 2.05) is 43.0 Å². The number of aryl methyl sites for hydroxylation is 2. The lowest BCUT2D eigenvalue weighted by molar-refractivity contribution is -0.120. The normalized spacial score (nSPS) is 16.6. The Morgan fingerprint density at radius 1 is 1.20 bits per heavy atom. The molecule has 2 fully saturated rings. The van der Waals surface area contributed by atoms with Gasteiger partial charge in [0.25, 0.3) is 5.91 Å². The first-order chi connectivity index (χ1) is 14.5. The summed E-state index contributed by atoms with van der Waals surface area (Å²) in [6, 6.07) is 7.62. The van der Waals surface area contributed by atoms with Crippen molar-refractivity contribution in [2.75, 3.05) is 29.9 Å². The molecule has 1 aliphatic carbocycles. The highest BCUT2D eigenvalue weighted by molar-refractivity contribution is 7.20. The summed E-state index contributed by atoms with van der Waals surface area (Å²) in [5, 5.41) is 6.81. The quantitative estimate of drug-likeness (QED) is 0.674. The lowest BCUT2D eigenvalue weighted by Gasteiger charge is -2.28. The van der Waals surface area contributed by atoms with Gasteiger partial charge < -0.3 is 15.5 Å². The lowest BCUT2D eigenvalue weighted by Crippen LogP contribution is -2.47. The van der Waals surface area contributed by atoms with E-state index in [-0.39, 0.29) is 11.8 Å². The summed E-state index contributed by atoms with van der Waals surface area (Å²) in [7, 11) is 0. The number of amides is 2. The van der Waals surface area contributed by atoms with Crippen LogP contribution < -0.4 is 15.5 Å². The van der Waals surface area contributed by atoms with Crippen molar-refractivity contribution in [3.05, 3.63) is 46.2 Å². The molecule has 0 bridgehead atoms. The minimum atomic E-state index is -0.132. The van der Waals surface area contributed by atoms with Crippen LogP contribution >= 0.6 is 11.3 Å². The molecule has 2 amide bonds. The van der Waals surface area contributed by atoms with Gasteiger partial charge in [-0.2, -0.15) is 0 Å². The molecule has 2 aliphatic rings. The molecule has 30 heavy (non-hydrogen) atoms. The molecule has 5 rings (SSSR count). The molecule has 3 heterocycles. The first-order valence-corrected chi connectivity index (χ1v) is 11.0. The highest BCUT2D eigenvalue weighted by Gasteiger charge is 2.28. The van der Waals surface area contributed by atoms with E-state index in [4.69, 9.17) is 4.98 Å². The molecule has 0 spiro atoms. The Labute approximate surface area is 178 Å². The van der Waals surface area contributed by atoms with Crippen LogP contribution in [-0.2, 0) is 4.79 Å². The van der Waals surface area contributed by atoms with E-state index in [0.29, 0.717) is 23.9 Å². The second kappa shape index (κ2) is 7.36. The average Bonchev–Trinajstić information content (AvgIpc) is 3.52. The number of nitrogens with zero attached hydrogens (tertiary/aromatic N) is 3. The van der Waals surface area contributed by atoms with Gasteiger partial charge in [0.1, 0.15) is 10.7 Å². The molecule has 1 aromatic carbocycles. The summed E-state index contributed by atoms with van der Waals surface area (Å²) >= 11 is 1.44. The number of hydrogen-bond acceptors (Lipinski definition) is 6. The predicted octanol–water partition coefficient (Wildman–Crippen LogP) is 3.37. The third-order valence-corrected chi connectivity index (χ3v) is 6.85. The Morgan fingerprint density at radius 3 is 2.67 bits per heavy atom. The Hall–Kier alpha value is -3.00. The minimum absolute atomic E-state index is 0.0297. The molecule has 8 heteroatoms. The Bertz CT molecular complexity index is 1150. The van der Waals surface area contributed by atoms with Gasteiger partial charge in [-0.15, -0.1) is 11.3 Å². The molecule has 0 radical (unpaired) electrons. The number of piperazine rings is 1. The van der Waals surface area contributed by atoms with Gasteiger partial charge >= 0.3 is 0 Å². The number of hydrogen-bond donors (Lipinski definition) is 2. The van der Waals surface area contributed by atoms with Crippen LogP contribution in [0.5, 0.6) is 0 Å². The van der Waals surface area contributed by atoms with Crippen LogP contribution in [-0.4, -0.2) is 41.4 Å². The van der Waals surface area contributed by atoms with Crippen molar-refractivity contribution in [2.45, 2.75) is 32.6 Å². The fourth-order valence-corrected chi connectivity index (χ4v) is 5.04. The summed E-state index contributed by atoms with van der Waals surface area (Å²) in [6.07, 6.45) is 2.31. The summed E-state index contributed by atoms with van der Waals surface area (Å²) in [5.41, 5.74) is 3.58. The van der Waals surface area contributed by atoms with Crippen molar-refractivity contribution in [3.63, 3.8) is 0 Å². The minimum Gasteiger partial charge on any atom is -0.360 e. The van der Waals surface area contributed by atoms with Gasteiger partial charge in [0.2, 0.25) is 5.91 Å². The number of aromatic nitrogens is 2. The van der Waals surface area contributed by atoms with E-state index >= 15 is 0 Å². The van der Waals surface area contributed by atoms with Gasteiger partial charge in [-0.05, 0) is 56.5 Å². The van der Waals surface area contributed by atoms with Crippen LogP contribution in [0.2, 0.25) is 0 Å². The van der Waals surface area contributed by atoms with Crippen LogP contribution in [0.1, 0.15) is 45.5 Å². The van der Waals surface area contributed by atoms with Gasteiger partial charge in [-0.25, -0.2) is 9.97 Å². The lowest BCUT2D eigenvalue weighted by atomic mass is 10.1. The van der Waals surface area contributed by atoms with Crippen LogP contribution in [0.15, 0.2) is 24.3 Å². The Kier molecular flexibility index (Phi) is 4.66. The van der Waals surface area contributed by atoms with Crippen molar-refractivity contribution in [1.29, 1.82) is 0 Å². The zero-order valence-corrected chi connectivity index (χ0v) is 17.8. The van der Waals surface area contributed by atoms with Crippen LogP contribution in [0, 0.1) is 13.8 Å². The summed E-state index contributed by atoms with van der Waals surface area (Å²) in [6.45, 7) is 5.74. The van der Waals surface area contributed by atoms with Gasteiger partial charge in [-0.3, -0.25) is 9.59 Å². The van der Waals surface area contributed by atoms with Crippen molar-refractivity contribution >= 4 is 44.7 Å². The molecule has 154 valence electrons. The summed E-state index contributed by atoms with van der Waals surface area (Å²) in [5.74, 6) is 1.29. The third-order valence-electron chi connectivity index (χ3n) is 5.67. The fourth-order valence-electron chi connectivity index (χ4n) is 3.90. The highest BCUT2D eigenvalue weighted by atomic mass is 32.1. The smallest absolute Gasteiger partial charge is 0.266 e. The van der Waals surface area contributed by atoms with Crippen molar-refractivity contribution in [3.8, 4) is 0 Å². The number of rotatable bonds is 4. The molecule has 7 nitrogen and oxygen atoms in total. The number of nitrogens with one attached hydrogen (secondary N) is 2. The number of thiophene rings is 1. The maximum Gasteiger partial charge on any atom is 0.266 e. The molecule has 0 atom stereocenters. The Balaban J connectivity index is 1.36. The van der Waals surface area contributed by atoms with Crippen molar-refractivity contribution < 1.29 is 9.59 Å². The number of anilines is 2. The zero-order chi connectivity index (χ0) is 20.8. The molecule has 3 aromatic rings. The molecular formula is C22H23N5O2S. The van der Waals surface area contributed by atoms with E-state index in [2.05, 4.69) is 15.6 Å². The van der Waals surface area contributed by atoms with Crippen LogP contribution in [0.3, 0.4) is 0 Å². The van der Waals surface area contributed by atoms with E-state index < -0.39 is 0 Å². The molecule has 1 aliphatic heterocycles. The van der Waals surface area contributed by atoms with E-state index in [1.165, 1.54) is 11.3 Å². The molecule has 2 aromatic heterocycles. The molecule has 2 N–H and O–H groups in total. The first-order valence-electron chi connectivity index (χ1n) is 10.2. The second-order valence-electron chi connectivity index (χ2n) is 7.95. The molecule has 1 saturated carbocycles. The maximum absolute atomic E-state index is 13.0. The summed E-state index contributed by atoms with van der Waals surface area (Å²) in [4.78, 5) is 37.5. The summed E-state index contributed by atoms with van der Waals surface area (Å²) < 4.78 is 0. The van der Waals surface area contributed by atoms with Gasteiger partial charge in [-0.1, -0.05) is 0 Å². The molecule has 0 unspecified atom stereocenters. The fraction of sp³-hybridized carbons (Fsp3) is 0.364. The Morgan fingerprint density at radius 2 is 1.97 bits per heavy atom. The average molecular weight is 422 g/mol. The van der Waals surface area contributed by atoms with Gasteiger partial charge in [0.15, 0.2) is 0 Å². The van der Waals surface area contributed by atoms with E-state index in [0.717, 1.165) is 58.1 Å². The van der Waals surface area contributed by atoms with Crippen molar-refractivity contribution in [2.24, 2.45) is 0 Å². The first kappa shape index (κ1) is 19.0.